The summed E-state index contributed by atoms with van der Waals surface area (Å²) in [6.07, 6.45) is 0. The van der Waals surface area contributed by atoms with Crippen LogP contribution in [-0.4, -0.2) is 18.4 Å². The lowest BCUT2D eigenvalue weighted by Gasteiger charge is -2.23. The molecule has 2 aromatic carbocycles. The van der Waals surface area contributed by atoms with Crippen LogP contribution in [0.15, 0.2) is 60.0 Å². The van der Waals surface area contributed by atoms with Crippen molar-refractivity contribution in [3.05, 3.63) is 71.1 Å². The quantitative estimate of drug-likeness (QED) is 0.374. The zero-order valence-corrected chi connectivity index (χ0v) is 17.3. The number of nitrogen functional groups attached to an aromatic ring is 1. The van der Waals surface area contributed by atoms with E-state index in [0.29, 0.717) is 29.2 Å². The molecule has 0 saturated heterocycles. The van der Waals surface area contributed by atoms with Crippen LogP contribution in [0.5, 0.6) is 5.75 Å². The van der Waals surface area contributed by atoms with Gasteiger partial charge in [-0.25, -0.2) is 0 Å². The van der Waals surface area contributed by atoms with Gasteiger partial charge < -0.3 is 25.7 Å². The fourth-order valence-corrected chi connectivity index (χ4v) is 3.53. The molecular formula is C21H21ClN3O3S-. The van der Waals surface area contributed by atoms with Crippen LogP contribution in [0.3, 0.4) is 0 Å². The number of hydrogen-bond donors (Lipinski definition) is 3. The van der Waals surface area contributed by atoms with Gasteiger partial charge in [0, 0.05) is 16.1 Å². The molecule has 3 aromatic rings. The predicted octanol–water partition coefficient (Wildman–Crippen LogP) is 3.42. The summed E-state index contributed by atoms with van der Waals surface area (Å²) in [6.45, 7) is 2.35. The first kappa shape index (κ1) is 22.3. The highest BCUT2D eigenvalue weighted by molar-refractivity contribution is 7.13. The Labute approximate surface area is 179 Å². The molecule has 0 radical (unpaired) electrons. The number of ether oxygens (including phenoxy) is 1. The van der Waals surface area contributed by atoms with Crippen molar-refractivity contribution in [3.63, 3.8) is 0 Å². The van der Waals surface area contributed by atoms with Crippen molar-refractivity contribution in [2.24, 2.45) is 5.73 Å². The lowest BCUT2D eigenvalue weighted by molar-refractivity contribution is -0.307. The van der Waals surface area contributed by atoms with Crippen LogP contribution < -0.4 is 20.9 Å². The summed E-state index contributed by atoms with van der Waals surface area (Å²) in [6, 6.07) is 15.0. The highest BCUT2D eigenvalue weighted by Crippen LogP contribution is 2.32. The summed E-state index contributed by atoms with van der Waals surface area (Å²) in [5.41, 5.74) is 8.02. The highest BCUT2D eigenvalue weighted by atomic mass is 35.5. The first-order valence-corrected chi connectivity index (χ1v) is 9.59. The van der Waals surface area contributed by atoms with E-state index in [4.69, 9.17) is 15.9 Å². The number of aliphatic carboxylic acids is 1. The highest BCUT2D eigenvalue weighted by Gasteiger charge is 2.16. The maximum absolute atomic E-state index is 11.9. The van der Waals surface area contributed by atoms with E-state index in [2.05, 4.69) is 5.32 Å². The fraction of sp³-hybridized carbons (Fsp3) is 0.143. The molecule has 0 amide bonds. The molecule has 0 aliphatic heterocycles. The van der Waals surface area contributed by atoms with Crippen molar-refractivity contribution in [1.82, 2.24) is 0 Å². The molecule has 0 aliphatic rings. The summed E-state index contributed by atoms with van der Waals surface area (Å²) < 4.78 is 5.63. The first-order valence-electron chi connectivity index (χ1n) is 8.71. The number of nitrogens with one attached hydrogen (secondary N) is 2. The van der Waals surface area contributed by atoms with Crippen LogP contribution in [0.25, 0.3) is 10.4 Å². The molecule has 0 aliphatic carbocycles. The van der Waals surface area contributed by atoms with Crippen LogP contribution in [0.4, 0.5) is 5.69 Å². The lowest BCUT2D eigenvalue weighted by atomic mass is 10.0. The first-order chi connectivity index (χ1) is 13.5. The number of benzene rings is 2. The molecule has 1 atom stereocenters. The Balaban J connectivity index is 0.00000300. The molecular weight excluding hydrogens is 410 g/mol. The smallest absolute Gasteiger partial charge is 0.122 e. The summed E-state index contributed by atoms with van der Waals surface area (Å²) >= 11 is 1.57. The molecule has 8 heteroatoms. The number of amidine groups is 1. The molecule has 4 N–H and O–H groups in total. The third-order valence-corrected chi connectivity index (χ3v) is 5.04. The van der Waals surface area contributed by atoms with Crippen LogP contribution in [0.2, 0.25) is 0 Å². The minimum atomic E-state index is -1.25. The van der Waals surface area contributed by atoms with E-state index < -0.39 is 12.0 Å². The molecule has 1 unspecified atom stereocenters. The van der Waals surface area contributed by atoms with E-state index in [9.17, 15) is 9.90 Å². The maximum Gasteiger partial charge on any atom is 0.122 e. The number of thiophene rings is 1. The van der Waals surface area contributed by atoms with Crippen LogP contribution in [-0.2, 0) is 4.79 Å². The predicted molar refractivity (Wildman–Crippen MR) is 117 cm³/mol. The van der Waals surface area contributed by atoms with Crippen molar-refractivity contribution >= 4 is 41.2 Å². The van der Waals surface area contributed by atoms with Gasteiger partial charge in [0.2, 0.25) is 0 Å². The number of halogens is 1. The monoisotopic (exact) mass is 430 g/mol. The van der Waals surface area contributed by atoms with E-state index >= 15 is 0 Å². The number of anilines is 1. The van der Waals surface area contributed by atoms with Crippen molar-refractivity contribution in [2.75, 3.05) is 11.9 Å². The van der Waals surface area contributed by atoms with Gasteiger partial charge in [-0.2, -0.15) is 0 Å². The molecule has 0 bridgehead atoms. The molecule has 3 rings (SSSR count). The Morgan fingerprint density at radius 1 is 1.24 bits per heavy atom. The Morgan fingerprint density at radius 3 is 2.52 bits per heavy atom. The Bertz CT molecular complexity index is 975. The number of carboxylic acid groups (broad SMARTS) is 1. The molecule has 0 spiro atoms. The standard InChI is InChI=1S/C21H21N3O3S.ClH/c1-2-27-17-11-14(18-4-3-9-28-18)10-15(12-17)19(21(25)26)24-16-7-5-13(6-8-16)20(22)23;/h3-12,19,24H,2H2,1H3,(H3,22,23)(H,25,26);1H/p-1. The summed E-state index contributed by atoms with van der Waals surface area (Å²) in [5.74, 6) is -0.696. The minimum Gasteiger partial charge on any atom is -0.548 e. The second-order valence-corrected chi connectivity index (χ2v) is 7.04. The van der Waals surface area contributed by atoms with E-state index in [0.717, 1.165) is 10.4 Å². The average Bonchev–Trinajstić information content (AvgIpc) is 3.21. The zero-order valence-electron chi connectivity index (χ0n) is 15.7. The van der Waals surface area contributed by atoms with Crippen molar-refractivity contribution in [1.29, 1.82) is 5.41 Å². The summed E-state index contributed by atoms with van der Waals surface area (Å²) in [5, 5.41) is 24.3. The second-order valence-electron chi connectivity index (χ2n) is 6.09. The van der Waals surface area contributed by atoms with Crippen molar-refractivity contribution in [2.45, 2.75) is 13.0 Å². The van der Waals surface area contributed by atoms with Gasteiger partial charge in [0.15, 0.2) is 0 Å². The lowest BCUT2D eigenvalue weighted by Crippen LogP contribution is -2.34. The molecule has 6 nitrogen and oxygen atoms in total. The van der Waals surface area contributed by atoms with Gasteiger partial charge in [-0.15, -0.1) is 23.7 Å². The number of rotatable bonds is 8. The Hall–Kier alpha value is -3.03. The molecule has 29 heavy (non-hydrogen) atoms. The van der Waals surface area contributed by atoms with Gasteiger partial charge in [0.25, 0.3) is 0 Å². The SMILES string of the molecule is CCOc1cc(-c2cccs2)cc(C(Nc2ccc(C(=N)N)cc2)C(=O)[O-])c1.Cl. The Morgan fingerprint density at radius 2 is 1.97 bits per heavy atom. The largest absolute Gasteiger partial charge is 0.548 e. The van der Waals surface area contributed by atoms with Crippen molar-refractivity contribution in [3.8, 4) is 16.2 Å². The van der Waals surface area contributed by atoms with E-state index in [1.165, 1.54) is 0 Å². The molecule has 0 saturated carbocycles. The topological polar surface area (TPSA) is 111 Å². The van der Waals surface area contributed by atoms with Gasteiger partial charge in [0.1, 0.15) is 11.6 Å². The van der Waals surface area contributed by atoms with E-state index in [1.54, 1.807) is 41.7 Å². The van der Waals surface area contributed by atoms with E-state index in [1.807, 2.05) is 36.6 Å². The van der Waals surface area contributed by atoms with Gasteiger partial charge in [-0.05, 0) is 72.0 Å². The average molecular weight is 431 g/mol. The molecule has 1 aromatic heterocycles. The fourth-order valence-electron chi connectivity index (χ4n) is 2.81. The van der Waals surface area contributed by atoms with E-state index in [-0.39, 0.29) is 18.2 Å². The molecule has 0 fully saturated rings. The normalized spacial score (nSPS) is 11.2. The Kier molecular flexibility index (Phi) is 7.64. The van der Waals surface area contributed by atoms with Crippen LogP contribution in [0, 0.1) is 5.41 Å². The number of carbonyl (C=O) groups is 1. The summed E-state index contributed by atoms with van der Waals surface area (Å²) in [4.78, 5) is 12.9. The molecule has 1 heterocycles. The van der Waals surface area contributed by atoms with Crippen LogP contribution in [0.1, 0.15) is 24.1 Å². The number of hydrogen-bond acceptors (Lipinski definition) is 6. The third kappa shape index (κ3) is 5.49. The third-order valence-electron chi connectivity index (χ3n) is 4.12. The second kappa shape index (κ2) is 9.95. The zero-order chi connectivity index (χ0) is 20.1. The molecule has 152 valence electrons. The van der Waals surface area contributed by atoms with Gasteiger partial charge in [-0.3, -0.25) is 5.41 Å². The maximum atomic E-state index is 11.9. The van der Waals surface area contributed by atoms with Gasteiger partial charge in [-0.1, -0.05) is 6.07 Å². The number of carboxylic acids is 1. The van der Waals surface area contributed by atoms with Gasteiger partial charge >= 0.3 is 0 Å². The van der Waals surface area contributed by atoms with Crippen molar-refractivity contribution < 1.29 is 14.6 Å². The van der Waals surface area contributed by atoms with Gasteiger partial charge in [0.05, 0.1) is 18.6 Å². The minimum absolute atomic E-state index is 0. The van der Waals surface area contributed by atoms with Crippen LogP contribution >= 0.6 is 23.7 Å². The number of nitrogens with two attached hydrogens (primary N) is 1. The number of carbonyl (C=O) groups excluding carboxylic acids is 1. The summed E-state index contributed by atoms with van der Waals surface area (Å²) in [7, 11) is 0.